The van der Waals surface area contributed by atoms with Gasteiger partial charge in [-0.2, -0.15) is 0 Å². The van der Waals surface area contributed by atoms with E-state index in [1.807, 2.05) is 53.2 Å². The molecule has 5 nitrogen and oxygen atoms in total. The van der Waals surface area contributed by atoms with Crippen LogP contribution in [0, 0.1) is 0 Å². The third-order valence-corrected chi connectivity index (χ3v) is 5.58. The molecule has 144 valence electrons. The number of carbonyl (C=O) groups excluding carboxylic acids is 1. The van der Waals surface area contributed by atoms with E-state index in [0.29, 0.717) is 17.0 Å². The van der Waals surface area contributed by atoms with Crippen LogP contribution in [0.3, 0.4) is 0 Å². The minimum Gasteiger partial charge on any atom is -0.325 e. The van der Waals surface area contributed by atoms with Crippen LogP contribution >= 0.6 is 11.8 Å². The summed E-state index contributed by atoms with van der Waals surface area (Å²) in [5.41, 5.74) is 3.03. The van der Waals surface area contributed by atoms with Gasteiger partial charge in [-0.15, -0.1) is 5.10 Å². The highest BCUT2D eigenvalue weighted by molar-refractivity contribution is 7.99. The van der Waals surface area contributed by atoms with Gasteiger partial charge in [0.1, 0.15) is 5.82 Å². The van der Waals surface area contributed by atoms with E-state index in [2.05, 4.69) is 30.3 Å². The first-order valence-corrected chi connectivity index (χ1v) is 10.6. The van der Waals surface area contributed by atoms with Gasteiger partial charge in [-0.25, -0.2) is 9.67 Å². The molecule has 0 unspecified atom stereocenters. The van der Waals surface area contributed by atoms with E-state index in [1.165, 1.54) is 11.8 Å². The number of anilines is 1. The molecule has 28 heavy (non-hydrogen) atoms. The molecule has 0 saturated heterocycles. The van der Waals surface area contributed by atoms with Crippen molar-refractivity contribution in [2.75, 3.05) is 11.1 Å². The van der Waals surface area contributed by atoms with Gasteiger partial charge in [-0.3, -0.25) is 4.79 Å². The number of carbonyl (C=O) groups is 1. The van der Waals surface area contributed by atoms with Crippen molar-refractivity contribution in [2.24, 2.45) is 0 Å². The van der Waals surface area contributed by atoms with Gasteiger partial charge in [0, 0.05) is 11.6 Å². The lowest BCUT2D eigenvalue weighted by Crippen LogP contribution is -2.15. The topological polar surface area (TPSA) is 59.8 Å². The van der Waals surface area contributed by atoms with Gasteiger partial charge in [0.25, 0.3) is 0 Å². The van der Waals surface area contributed by atoms with Gasteiger partial charge in [-0.1, -0.05) is 62.0 Å². The van der Waals surface area contributed by atoms with Crippen molar-refractivity contribution in [3.05, 3.63) is 66.0 Å². The number of hydrogen-bond acceptors (Lipinski definition) is 4. The molecule has 1 heterocycles. The fourth-order valence-corrected chi connectivity index (χ4v) is 3.79. The number of amides is 1. The highest BCUT2D eigenvalue weighted by Gasteiger charge is 2.30. The molecule has 1 fully saturated rings. The molecule has 1 aliphatic carbocycles. The van der Waals surface area contributed by atoms with E-state index < -0.39 is 0 Å². The van der Waals surface area contributed by atoms with E-state index in [4.69, 9.17) is 4.98 Å². The first-order chi connectivity index (χ1) is 13.6. The molecule has 1 amide bonds. The largest absolute Gasteiger partial charge is 0.325 e. The van der Waals surface area contributed by atoms with Crippen LogP contribution in [0.15, 0.2) is 59.8 Å². The van der Waals surface area contributed by atoms with Crippen LogP contribution in [0.25, 0.3) is 5.69 Å². The van der Waals surface area contributed by atoms with Crippen molar-refractivity contribution in [2.45, 2.75) is 43.7 Å². The second kappa shape index (κ2) is 8.19. The third-order valence-electron chi connectivity index (χ3n) is 4.75. The summed E-state index contributed by atoms with van der Waals surface area (Å²) in [7, 11) is 0. The van der Waals surface area contributed by atoms with Crippen molar-refractivity contribution in [3.63, 3.8) is 0 Å². The zero-order valence-electron chi connectivity index (χ0n) is 16.1. The summed E-state index contributed by atoms with van der Waals surface area (Å²) < 4.78 is 1.92. The molecule has 1 N–H and O–H groups in total. The third kappa shape index (κ3) is 4.28. The van der Waals surface area contributed by atoms with E-state index in [-0.39, 0.29) is 11.7 Å². The highest BCUT2D eigenvalue weighted by Crippen LogP contribution is 2.40. The Bertz CT molecular complexity index is 964. The fraction of sp³-hybridized carbons (Fsp3) is 0.318. The van der Waals surface area contributed by atoms with Gasteiger partial charge < -0.3 is 5.32 Å². The van der Waals surface area contributed by atoms with Crippen LogP contribution in [-0.4, -0.2) is 26.4 Å². The summed E-state index contributed by atoms with van der Waals surface area (Å²) in [6, 6.07) is 18.0. The molecule has 6 heteroatoms. The van der Waals surface area contributed by atoms with Crippen LogP contribution in [0.1, 0.15) is 49.9 Å². The van der Waals surface area contributed by atoms with Crippen LogP contribution in [0.2, 0.25) is 0 Å². The Balaban J connectivity index is 1.45. The molecule has 0 spiro atoms. The SMILES string of the molecule is CC(C)c1ccccc1NC(=O)CSc1nc(C2CC2)n(-c2ccccc2)n1. The highest BCUT2D eigenvalue weighted by atomic mass is 32.2. The standard InChI is InChI=1S/C22H24N4OS/c1-15(2)18-10-6-7-11-19(18)23-20(27)14-28-22-24-21(16-12-13-16)26(25-22)17-8-4-3-5-9-17/h3-11,15-16H,12-14H2,1-2H3,(H,23,27). The average molecular weight is 393 g/mol. The number of para-hydroxylation sites is 2. The van der Waals surface area contributed by atoms with E-state index >= 15 is 0 Å². The molecule has 1 aliphatic rings. The maximum absolute atomic E-state index is 12.5. The Hall–Kier alpha value is -2.60. The van der Waals surface area contributed by atoms with Crippen molar-refractivity contribution < 1.29 is 4.79 Å². The number of hydrogen-bond donors (Lipinski definition) is 1. The van der Waals surface area contributed by atoms with Crippen molar-refractivity contribution in [3.8, 4) is 5.69 Å². The van der Waals surface area contributed by atoms with Crippen molar-refractivity contribution in [1.82, 2.24) is 14.8 Å². The lowest BCUT2D eigenvalue weighted by molar-refractivity contribution is -0.113. The Kier molecular flexibility index (Phi) is 5.48. The molecule has 2 aromatic carbocycles. The first-order valence-electron chi connectivity index (χ1n) is 9.66. The summed E-state index contributed by atoms with van der Waals surface area (Å²) in [6.45, 7) is 4.25. The summed E-state index contributed by atoms with van der Waals surface area (Å²) in [5.74, 6) is 2.08. The number of benzene rings is 2. The molecular weight excluding hydrogens is 368 g/mol. The van der Waals surface area contributed by atoms with Crippen molar-refractivity contribution >= 4 is 23.4 Å². The predicted molar refractivity (Wildman–Crippen MR) is 113 cm³/mol. The number of thioether (sulfide) groups is 1. The quantitative estimate of drug-likeness (QED) is 0.575. The average Bonchev–Trinajstić information content (AvgIpc) is 3.46. The minimum atomic E-state index is -0.0397. The number of nitrogens with one attached hydrogen (secondary N) is 1. The van der Waals surface area contributed by atoms with E-state index in [9.17, 15) is 4.79 Å². The predicted octanol–water partition coefficient (Wildman–Crippen LogP) is 5.00. The Morgan fingerprint density at radius 2 is 1.86 bits per heavy atom. The Morgan fingerprint density at radius 3 is 2.57 bits per heavy atom. The molecular formula is C22H24N4OS. The fourth-order valence-electron chi connectivity index (χ4n) is 3.16. The maximum atomic E-state index is 12.5. The molecule has 0 bridgehead atoms. The molecule has 0 aliphatic heterocycles. The zero-order chi connectivity index (χ0) is 19.5. The smallest absolute Gasteiger partial charge is 0.234 e. The summed E-state index contributed by atoms with van der Waals surface area (Å²) in [5, 5.41) is 8.33. The molecule has 1 aromatic heterocycles. The zero-order valence-corrected chi connectivity index (χ0v) is 16.9. The monoisotopic (exact) mass is 392 g/mol. The second-order valence-corrected chi connectivity index (χ2v) is 8.30. The maximum Gasteiger partial charge on any atom is 0.234 e. The molecule has 1 saturated carbocycles. The van der Waals surface area contributed by atoms with E-state index in [1.54, 1.807) is 0 Å². The summed E-state index contributed by atoms with van der Waals surface area (Å²) in [6.07, 6.45) is 2.31. The molecule has 0 radical (unpaired) electrons. The first kappa shape index (κ1) is 18.7. The number of rotatable bonds is 7. The molecule has 3 aromatic rings. The van der Waals surface area contributed by atoms with Gasteiger partial charge in [0.05, 0.1) is 11.4 Å². The Morgan fingerprint density at radius 1 is 1.14 bits per heavy atom. The Labute approximate surface area is 169 Å². The van der Waals surface area contributed by atoms with Gasteiger partial charge >= 0.3 is 0 Å². The molecule has 0 atom stereocenters. The van der Waals surface area contributed by atoms with Crippen LogP contribution in [0.5, 0.6) is 0 Å². The summed E-state index contributed by atoms with van der Waals surface area (Å²) >= 11 is 1.38. The number of nitrogens with zero attached hydrogens (tertiary/aromatic N) is 3. The molecule has 4 rings (SSSR count). The lowest BCUT2D eigenvalue weighted by atomic mass is 10.0. The second-order valence-electron chi connectivity index (χ2n) is 7.35. The van der Waals surface area contributed by atoms with Gasteiger partial charge in [-0.05, 0) is 42.5 Å². The minimum absolute atomic E-state index is 0.0397. The normalized spacial score (nSPS) is 13.7. The van der Waals surface area contributed by atoms with Crippen LogP contribution < -0.4 is 5.32 Å². The van der Waals surface area contributed by atoms with Crippen LogP contribution in [-0.2, 0) is 4.79 Å². The summed E-state index contributed by atoms with van der Waals surface area (Å²) in [4.78, 5) is 17.2. The van der Waals surface area contributed by atoms with Crippen molar-refractivity contribution in [1.29, 1.82) is 0 Å². The van der Waals surface area contributed by atoms with Gasteiger partial charge in [0.2, 0.25) is 11.1 Å². The van der Waals surface area contributed by atoms with Gasteiger partial charge in [0.15, 0.2) is 0 Å². The van der Waals surface area contributed by atoms with Crippen LogP contribution in [0.4, 0.5) is 5.69 Å². The van der Waals surface area contributed by atoms with E-state index in [0.717, 1.165) is 35.6 Å². The number of aromatic nitrogens is 3. The lowest BCUT2D eigenvalue weighted by Gasteiger charge is -2.13.